The Morgan fingerprint density at radius 1 is 1.12 bits per heavy atom. The first kappa shape index (κ1) is 22.1. The number of thiazole rings is 1. The Morgan fingerprint density at radius 2 is 1.88 bits per heavy atom. The van der Waals surface area contributed by atoms with Crippen LogP contribution in [0.5, 0.6) is 0 Å². The van der Waals surface area contributed by atoms with E-state index in [1.165, 1.54) is 17.3 Å². The maximum atomic E-state index is 13.2. The molecule has 0 aliphatic heterocycles. The number of nitrogens with zero attached hydrogens (tertiary/aromatic N) is 3. The summed E-state index contributed by atoms with van der Waals surface area (Å²) in [5.74, 6) is -0.615. The van der Waals surface area contributed by atoms with Gasteiger partial charge in [0.25, 0.3) is 0 Å². The van der Waals surface area contributed by atoms with Crippen LogP contribution < -0.4 is 5.32 Å². The van der Waals surface area contributed by atoms with Crippen LogP contribution in [0.1, 0.15) is 23.7 Å². The molecule has 0 atom stereocenters. The van der Waals surface area contributed by atoms with Gasteiger partial charge in [-0.3, -0.25) is 4.79 Å². The standard InChI is InChI=1S/C22H18F2N4O2S2/c1-13-2-4-14(5-3-13)18-11-31-22(26-18)32-12-19-27-21(30-28-19)7-6-20(29)25-17-9-15(23)8-16(24)10-17/h2-5,8-11H,6-7,12H2,1H3,(H,25,29). The van der Waals surface area contributed by atoms with E-state index in [4.69, 9.17) is 4.52 Å². The molecule has 10 heteroatoms. The van der Waals surface area contributed by atoms with Crippen LogP contribution in [-0.4, -0.2) is 21.0 Å². The van der Waals surface area contributed by atoms with Gasteiger partial charge in [0.05, 0.1) is 11.4 Å². The molecule has 0 radical (unpaired) electrons. The minimum Gasteiger partial charge on any atom is -0.339 e. The molecule has 6 nitrogen and oxygen atoms in total. The number of rotatable bonds is 8. The molecule has 2 heterocycles. The number of hydrogen-bond acceptors (Lipinski definition) is 7. The first-order valence-electron chi connectivity index (χ1n) is 9.67. The van der Waals surface area contributed by atoms with Crippen LogP contribution >= 0.6 is 23.1 Å². The number of aryl methyl sites for hydroxylation is 2. The van der Waals surface area contributed by atoms with Gasteiger partial charge in [-0.1, -0.05) is 46.7 Å². The number of hydrogen-bond donors (Lipinski definition) is 1. The fourth-order valence-corrected chi connectivity index (χ4v) is 4.51. The number of aromatic nitrogens is 3. The molecule has 0 aliphatic rings. The van der Waals surface area contributed by atoms with E-state index in [2.05, 4.69) is 32.6 Å². The molecule has 4 aromatic rings. The van der Waals surface area contributed by atoms with Gasteiger partial charge in [0.15, 0.2) is 10.2 Å². The highest BCUT2D eigenvalue weighted by Gasteiger charge is 2.12. The second-order valence-corrected chi connectivity index (χ2v) is 9.04. The second kappa shape index (κ2) is 10.0. The maximum Gasteiger partial charge on any atom is 0.227 e. The minimum absolute atomic E-state index is 0.0410. The Bertz CT molecular complexity index is 1200. The van der Waals surface area contributed by atoms with E-state index in [1.807, 2.05) is 24.4 Å². The van der Waals surface area contributed by atoms with Crippen LogP contribution in [0.25, 0.3) is 11.3 Å². The van der Waals surface area contributed by atoms with Crippen molar-refractivity contribution in [2.75, 3.05) is 5.32 Å². The lowest BCUT2D eigenvalue weighted by Crippen LogP contribution is -2.12. The average Bonchev–Trinajstić information content (AvgIpc) is 3.40. The molecule has 164 valence electrons. The van der Waals surface area contributed by atoms with E-state index in [0.29, 0.717) is 17.5 Å². The Hall–Kier alpha value is -3.11. The van der Waals surface area contributed by atoms with E-state index in [0.717, 1.165) is 33.8 Å². The highest BCUT2D eigenvalue weighted by Crippen LogP contribution is 2.30. The topological polar surface area (TPSA) is 80.9 Å². The van der Waals surface area contributed by atoms with Crippen LogP contribution in [-0.2, 0) is 17.0 Å². The largest absolute Gasteiger partial charge is 0.339 e. The summed E-state index contributed by atoms with van der Waals surface area (Å²) in [4.78, 5) is 20.9. The van der Waals surface area contributed by atoms with Crippen LogP contribution in [0.4, 0.5) is 14.5 Å². The van der Waals surface area contributed by atoms with Gasteiger partial charge in [0.1, 0.15) is 11.6 Å². The number of carbonyl (C=O) groups is 1. The van der Waals surface area contributed by atoms with Crippen molar-refractivity contribution in [2.45, 2.75) is 29.9 Å². The van der Waals surface area contributed by atoms with Crippen molar-refractivity contribution in [3.8, 4) is 11.3 Å². The van der Waals surface area contributed by atoms with Crippen LogP contribution in [0.2, 0.25) is 0 Å². The zero-order chi connectivity index (χ0) is 22.5. The maximum absolute atomic E-state index is 13.2. The van der Waals surface area contributed by atoms with Crippen molar-refractivity contribution < 1.29 is 18.1 Å². The highest BCUT2D eigenvalue weighted by molar-refractivity contribution is 8.00. The molecule has 0 saturated heterocycles. The van der Waals surface area contributed by atoms with Crippen molar-refractivity contribution in [1.82, 2.24) is 15.1 Å². The van der Waals surface area contributed by atoms with Gasteiger partial charge in [-0.15, -0.1) is 11.3 Å². The van der Waals surface area contributed by atoms with Gasteiger partial charge < -0.3 is 9.84 Å². The van der Waals surface area contributed by atoms with Gasteiger partial charge in [0.2, 0.25) is 11.8 Å². The third-order valence-corrected chi connectivity index (χ3v) is 6.39. The van der Waals surface area contributed by atoms with Crippen molar-refractivity contribution in [3.63, 3.8) is 0 Å². The lowest BCUT2D eigenvalue weighted by atomic mass is 10.1. The highest BCUT2D eigenvalue weighted by atomic mass is 32.2. The first-order chi connectivity index (χ1) is 15.4. The summed E-state index contributed by atoms with van der Waals surface area (Å²) in [5, 5.41) is 8.39. The van der Waals surface area contributed by atoms with E-state index in [9.17, 15) is 13.6 Å². The van der Waals surface area contributed by atoms with Crippen LogP contribution in [0.15, 0.2) is 56.7 Å². The van der Waals surface area contributed by atoms with Gasteiger partial charge in [-0.2, -0.15) is 4.98 Å². The van der Waals surface area contributed by atoms with Crippen molar-refractivity contribution in [1.29, 1.82) is 0 Å². The molecule has 32 heavy (non-hydrogen) atoms. The number of anilines is 1. The number of thioether (sulfide) groups is 1. The van der Waals surface area contributed by atoms with E-state index in [1.54, 1.807) is 11.3 Å². The predicted octanol–water partition coefficient (Wildman–Crippen LogP) is 5.64. The quantitative estimate of drug-likeness (QED) is 0.334. The molecular formula is C22H18F2N4O2S2. The van der Waals surface area contributed by atoms with E-state index < -0.39 is 17.5 Å². The van der Waals surface area contributed by atoms with Gasteiger partial charge in [-0.25, -0.2) is 13.8 Å². The summed E-state index contributed by atoms with van der Waals surface area (Å²) >= 11 is 3.06. The first-order valence-corrected chi connectivity index (χ1v) is 11.5. The molecular weight excluding hydrogens is 454 g/mol. The van der Waals surface area contributed by atoms with Crippen molar-refractivity contribution in [2.24, 2.45) is 0 Å². The van der Waals surface area contributed by atoms with Gasteiger partial charge in [-0.05, 0) is 19.1 Å². The van der Waals surface area contributed by atoms with E-state index >= 15 is 0 Å². The summed E-state index contributed by atoms with van der Waals surface area (Å²) in [5.41, 5.74) is 3.26. The Labute approximate surface area is 191 Å². The third kappa shape index (κ3) is 5.98. The number of benzene rings is 2. The number of halogens is 2. The molecule has 2 aromatic carbocycles. The lowest BCUT2D eigenvalue weighted by Gasteiger charge is -2.04. The van der Waals surface area contributed by atoms with Crippen molar-refractivity contribution in [3.05, 3.63) is 76.8 Å². The van der Waals surface area contributed by atoms with Crippen LogP contribution in [0, 0.1) is 18.6 Å². The smallest absolute Gasteiger partial charge is 0.227 e. The lowest BCUT2D eigenvalue weighted by molar-refractivity contribution is -0.116. The van der Waals surface area contributed by atoms with Gasteiger partial charge >= 0.3 is 0 Å². The molecule has 0 fully saturated rings. The number of nitrogens with one attached hydrogen (secondary N) is 1. The fourth-order valence-electron chi connectivity index (χ4n) is 2.83. The summed E-state index contributed by atoms with van der Waals surface area (Å²) in [6.45, 7) is 2.04. The number of amides is 1. The summed E-state index contributed by atoms with van der Waals surface area (Å²) < 4.78 is 32.5. The molecule has 1 amide bonds. The molecule has 1 N–H and O–H groups in total. The van der Waals surface area contributed by atoms with Crippen molar-refractivity contribution >= 4 is 34.7 Å². The van der Waals surface area contributed by atoms with Crippen LogP contribution in [0.3, 0.4) is 0 Å². The molecule has 4 rings (SSSR count). The Morgan fingerprint density at radius 3 is 2.62 bits per heavy atom. The summed E-state index contributed by atoms with van der Waals surface area (Å²) in [6, 6.07) is 11.0. The third-order valence-electron chi connectivity index (χ3n) is 4.38. The van der Waals surface area contributed by atoms with E-state index in [-0.39, 0.29) is 18.5 Å². The second-order valence-electron chi connectivity index (χ2n) is 6.96. The number of carbonyl (C=O) groups excluding carboxylic acids is 1. The minimum atomic E-state index is -0.759. The normalized spacial score (nSPS) is 11.0. The molecule has 0 aliphatic carbocycles. The Balaban J connectivity index is 1.26. The predicted molar refractivity (Wildman–Crippen MR) is 119 cm³/mol. The molecule has 0 spiro atoms. The molecule has 0 unspecified atom stereocenters. The van der Waals surface area contributed by atoms with Gasteiger partial charge in [0, 0.05) is 35.5 Å². The SMILES string of the molecule is Cc1ccc(-c2csc(SCc3noc(CCC(=O)Nc4cc(F)cc(F)c4)n3)n2)cc1. The molecule has 0 bridgehead atoms. The zero-order valence-electron chi connectivity index (χ0n) is 17.0. The summed E-state index contributed by atoms with van der Waals surface area (Å²) in [7, 11) is 0. The monoisotopic (exact) mass is 472 g/mol. The average molecular weight is 473 g/mol. The summed E-state index contributed by atoms with van der Waals surface area (Å²) in [6.07, 6.45) is 0.259. The fraction of sp³-hybridized carbons (Fsp3) is 0.182. The zero-order valence-corrected chi connectivity index (χ0v) is 18.6. The Kier molecular flexibility index (Phi) is 6.91. The molecule has 0 saturated carbocycles. The molecule has 2 aromatic heterocycles.